The summed E-state index contributed by atoms with van der Waals surface area (Å²) in [5, 5.41) is 11.2. The third kappa shape index (κ3) is 2.01. The molecule has 2 aromatic carbocycles. The molecule has 2 aromatic rings. The highest BCUT2D eigenvalue weighted by molar-refractivity contribution is 7.99. The van der Waals surface area contributed by atoms with E-state index in [2.05, 4.69) is 12.6 Å². The van der Waals surface area contributed by atoms with Crippen LogP contribution in [-0.4, -0.2) is 10.9 Å². The van der Waals surface area contributed by atoms with Gasteiger partial charge in [-0.25, -0.2) is 0 Å². The SMILES string of the molecule is C=Cc1ccccc1C1(O)CCSc2ccccc21. The highest BCUT2D eigenvalue weighted by Crippen LogP contribution is 2.45. The standard InChI is InChI=1S/C17H16OS/c1-2-13-7-3-4-8-14(13)17(18)11-12-19-16-10-6-5-9-15(16)17/h2-10,18H,1,11-12H2. The monoisotopic (exact) mass is 268 g/mol. The van der Waals surface area contributed by atoms with Crippen LogP contribution in [0.3, 0.4) is 0 Å². The predicted molar refractivity (Wildman–Crippen MR) is 81.3 cm³/mol. The Balaban J connectivity index is 2.22. The Hall–Kier alpha value is -1.51. The van der Waals surface area contributed by atoms with Gasteiger partial charge in [-0.15, -0.1) is 11.8 Å². The molecule has 0 aromatic heterocycles. The number of fused-ring (bicyclic) bond motifs is 1. The molecule has 1 N–H and O–H groups in total. The van der Waals surface area contributed by atoms with Gasteiger partial charge in [0.05, 0.1) is 0 Å². The molecule has 3 rings (SSSR count). The maximum Gasteiger partial charge on any atom is 0.117 e. The zero-order valence-corrected chi connectivity index (χ0v) is 11.5. The molecule has 0 spiro atoms. The summed E-state index contributed by atoms with van der Waals surface area (Å²) >= 11 is 1.81. The van der Waals surface area contributed by atoms with Crippen LogP contribution in [0.25, 0.3) is 6.08 Å². The van der Waals surface area contributed by atoms with Crippen molar-refractivity contribution in [3.8, 4) is 0 Å². The first-order valence-electron chi connectivity index (χ1n) is 6.42. The number of hydrogen-bond acceptors (Lipinski definition) is 2. The van der Waals surface area contributed by atoms with E-state index in [1.165, 1.54) is 4.90 Å². The van der Waals surface area contributed by atoms with Crippen molar-refractivity contribution in [2.45, 2.75) is 16.9 Å². The van der Waals surface area contributed by atoms with Crippen molar-refractivity contribution in [2.24, 2.45) is 0 Å². The van der Waals surface area contributed by atoms with Crippen LogP contribution in [0.4, 0.5) is 0 Å². The van der Waals surface area contributed by atoms with Gasteiger partial charge in [0.1, 0.15) is 5.60 Å². The van der Waals surface area contributed by atoms with Crippen LogP contribution in [0, 0.1) is 0 Å². The van der Waals surface area contributed by atoms with Gasteiger partial charge < -0.3 is 5.11 Å². The number of thioether (sulfide) groups is 1. The Bertz CT molecular complexity index is 620. The molecule has 0 bridgehead atoms. The third-order valence-corrected chi connectivity index (χ3v) is 4.76. The minimum Gasteiger partial charge on any atom is -0.380 e. The highest BCUT2D eigenvalue weighted by Gasteiger charge is 2.37. The van der Waals surface area contributed by atoms with E-state index in [1.54, 1.807) is 0 Å². The van der Waals surface area contributed by atoms with Crippen molar-refractivity contribution >= 4 is 17.8 Å². The molecular weight excluding hydrogens is 252 g/mol. The summed E-state index contributed by atoms with van der Waals surface area (Å²) in [6.45, 7) is 3.86. The summed E-state index contributed by atoms with van der Waals surface area (Å²) < 4.78 is 0. The molecule has 1 aliphatic rings. The smallest absolute Gasteiger partial charge is 0.117 e. The topological polar surface area (TPSA) is 20.2 Å². The summed E-state index contributed by atoms with van der Waals surface area (Å²) in [5.41, 5.74) is 2.08. The molecule has 96 valence electrons. The van der Waals surface area contributed by atoms with Gasteiger partial charge in [0, 0.05) is 16.2 Å². The molecule has 0 amide bonds. The Kier molecular flexibility index (Phi) is 3.21. The lowest BCUT2D eigenvalue weighted by Gasteiger charge is -2.35. The highest BCUT2D eigenvalue weighted by atomic mass is 32.2. The quantitative estimate of drug-likeness (QED) is 0.886. The molecule has 0 aliphatic carbocycles. The molecule has 0 saturated carbocycles. The van der Waals surface area contributed by atoms with Crippen molar-refractivity contribution < 1.29 is 5.11 Å². The van der Waals surface area contributed by atoms with Gasteiger partial charge >= 0.3 is 0 Å². The van der Waals surface area contributed by atoms with Crippen LogP contribution in [0.5, 0.6) is 0 Å². The maximum absolute atomic E-state index is 11.2. The van der Waals surface area contributed by atoms with Crippen molar-refractivity contribution in [3.05, 3.63) is 71.8 Å². The van der Waals surface area contributed by atoms with Gasteiger partial charge in [0.2, 0.25) is 0 Å². The molecule has 0 fully saturated rings. The Morgan fingerprint density at radius 3 is 2.53 bits per heavy atom. The number of aliphatic hydroxyl groups is 1. The number of hydrogen-bond donors (Lipinski definition) is 1. The van der Waals surface area contributed by atoms with Crippen molar-refractivity contribution in [1.82, 2.24) is 0 Å². The van der Waals surface area contributed by atoms with Gasteiger partial charge in [-0.3, -0.25) is 0 Å². The summed E-state index contributed by atoms with van der Waals surface area (Å²) in [5.74, 6) is 0.930. The first-order chi connectivity index (χ1) is 9.25. The van der Waals surface area contributed by atoms with Gasteiger partial charge in [-0.1, -0.05) is 55.1 Å². The van der Waals surface area contributed by atoms with Gasteiger partial charge in [-0.2, -0.15) is 0 Å². The van der Waals surface area contributed by atoms with Gasteiger partial charge in [-0.05, 0) is 23.6 Å². The van der Waals surface area contributed by atoms with E-state index >= 15 is 0 Å². The fraction of sp³-hybridized carbons (Fsp3) is 0.176. The maximum atomic E-state index is 11.2. The van der Waals surface area contributed by atoms with E-state index in [1.807, 2.05) is 60.3 Å². The molecule has 1 unspecified atom stereocenters. The number of benzene rings is 2. The molecule has 1 aliphatic heterocycles. The Morgan fingerprint density at radius 1 is 1.05 bits per heavy atom. The molecule has 1 atom stereocenters. The summed E-state index contributed by atoms with van der Waals surface area (Å²) in [4.78, 5) is 1.18. The summed E-state index contributed by atoms with van der Waals surface area (Å²) in [6.07, 6.45) is 2.55. The van der Waals surface area contributed by atoms with Crippen molar-refractivity contribution in [1.29, 1.82) is 0 Å². The van der Waals surface area contributed by atoms with Gasteiger partial charge in [0.25, 0.3) is 0 Å². The second-order valence-corrected chi connectivity index (χ2v) is 5.88. The first-order valence-corrected chi connectivity index (χ1v) is 7.41. The minimum absolute atomic E-state index is 0.736. The van der Waals surface area contributed by atoms with Crippen LogP contribution in [0.2, 0.25) is 0 Å². The second-order valence-electron chi connectivity index (χ2n) is 4.75. The molecule has 1 nitrogen and oxygen atoms in total. The van der Waals surface area contributed by atoms with Crippen LogP contribution in [0.15, 0.2) is 60.0 Å². The van der Waals surface area contributed by atoms with Crippen LogP contribution in [-0.2, 0) is 5.60 Å². The van der Waals surface area contributed by atoms with E-state index < -0.39 is 5.60 Å². The van der Waals surface area contributed by atoms with Crippen LogP contribution < -0.4 is 0 Å². The molecule has 0 radical (unpaired) electrons. The van der Waals surface area contributed by atoms with E-state index in [0.29, 0.717) is 0 Å². The third-order valence-electron chi connectivity index (χ3n) is 3.68. The fourth-order valence-corrected chi connectivity index (χ4v) is 3.89. The van der Waals surface area contributed by atoms with E-state index in [0.717, 1.165) is 28.9 Å². The molecule has 2 heteroatoms. The Labute approximate surface area is 118 Å². The number of rotatable bonds is 2. The Morgan fingerprint density at radius 2 is 1.74 bits per heavy atom. The lowest BCUT2D eigenvalue weighted by molar-refractivity contribution is 0.0729. The van der Waals surface area contributed by atoms with E-state index in [4.69, 9.17) is 0 Å². The van der Waals surface area contributed by atoms with E-state index in [-0.39, 0.29) is 0 Å². The van der Waals surface area contributed by atoms with E-state index in [9.17, 15) is 5.11 Å². The largest absolute Gasteiger partial charge is 0.380 e. The molecular formula is C17H16OS. The summed E-state index contributed by atoms with van der Waals surface area (Å²) in [7, 11) is 0. The lowest BCUT2D eigenvalue weighted by atomic mass is 9.81. The van der Waals surface area contributed by atoms with Gasteiger partial charge in [0.15, 0.2) is 0 Å². The average Bonchev–Trinajstić information content (AvgIpc) is 2.48. The molecule has 19 heavy (non-hydrogen) atoms. The van der Waals surface area contributed by atoms with Crippen LogP contribution >= 0.6 is 11.8 Å². The summed E-state index contributed by atoms with van der Waals surface area (Å²) in [6, 6.07) is 16.1. The first kappa shape index (κ1) is 12.5. The van der Waals surface area contributed by atoms with Crippen LogP contribution in [0.1, 0.15) is 23.1 Å². The predicted octanol–water partition coefficient (Wildman–Crippen LogP) is 4.06. The second kappa shape index (κ2) is 4.87. The normalized spacial score (nSPS) is 21.7. The zero-order chi connectivity index (χ0) is 13.3. The zero-order valence-electron chi connectivity index (χ0n) is 10.7. The minimum atomic E-state index is -0.896. The fourth-order valence-electron chi connectivity index (χ4n) is 2.71. The van der Waals surface area contributed by atoms with Crippen molar-refractivity contribution in [2.75, 3.05) is 5.75 Å². The lowest BCUT2D eigenvalue weighted by Crippen LogP contribution is -2.32. The molecule has 0 saturated heterocycles. The molecule has 1 heterocycles. The average molecular weight is 268 g/mol. The van der Waals surface area contributed by atoms with Crippen molar-refractivity contribution in [3.63, 3.8) is 0 Å².